The number of hydrogen-bond acceptors (Lipinski definition) is 9. The zero-order valence-corrected chi connectivity index (χ0v) is 26.0. The Balaban J connectivity index is 1.10. The molecule has 0 unspecified atom stereocenters. The second kappa shape index (κ2) is 14.3. The number of esters is 1. The lowest BCUT2D eigenvalue weighted by molar-refractivity contribution is -0.128. The monoisotopic (exact) mass is 635 g/mol. The quantitative estimate of drug-likeness (QED) is 0.101. The summed E-state index contributed by atoms with van der Waals surface area (Å²) in [6.45, 7) is 9.16. The Morgan fingerprint density at radius 2 is 1.94 bits per heavy atom. The third-order valence-electron chi connectivity index (χ3n) is 8.09. The summed E-state index contributed by atoms with van der Waals surface area (Å²) in [6, 6.07) is 16.9. The second-order valence-corrected chi connectivity index (χ2v) is 11.2. The summed E-state index contributed by atoms with van der Waals surface area (Å²) in [5.41, 5.74) is 3.33. The van der Waals surface area contributed by atoms with Crippen LogP contribution < -0.4 is 14.2 Å². The van der Waals surface area contributed by atoms with E-state index in [1.807, 2.05) is 30.7 Å². The van der Waals surface area contributed by atoms with Gasteiger partial charge in [-0.25, -0.2) is 19.2 Å². The number of fused-ring (bicyclic) bond motifs is 1. The lowest BCUT2D eigenvalue weighted by Gasteiger charge is -2.31. The normalized spacial score (nSPS) is 13.7. The molecule has 6 rings (SSSR count). The minimum Gasteiger partial charge on any atom is -0.474 e. The Kier molecular flexibility index (Phi) is 9.54. The Morgan fingerprint density at radius 1 is 1.11 bits per heavy atom. The van der Waals surface area contributed by atoms with Crippen molar-refractivity contribution in [3.63, 3.8) is 0 Å². The van der Waals surface area contributed by atoms with Crippen LogP contribution >= 0.6 is 0 Å². The number of carbonyl (C=O) groups is 1. The van der Waals surface area contributed by atoms with Gasteiger partial charge in [-0.05, 0) is 44.0 Å². The van der Waals surface area contributed by atoms with Gasteiger partial charge in [-0.3, -0.25) is 4.90 Å². The van der Waals surface area contributed by atoms with Gasteiger partial charge in [-0.1, -0.05) is 18.7 Å². The van der Waals surface area contributed by atoms with Crippen molar-refractivity contribution in [1.82, 2.24) is 29.0 Å². The summed E-state index contributed by atoms with van der Waals surface area (Å²) >= 11 is 0. The average Bonchev–Trinajstić information content (AvgIpc) is 3.68. The standard InChI is InChI=1S/C35H34FN7O4/c1-3-35(44)47-28-10-11-30-31(17-28)43(20-26-19-38-23-42(26)4-2)32(39-30)21-41-14-12-27(13-15-41)46-34-7-5-6-33(40-34)45-22-25-9-8-24(18-37)16-29(25)36/h3,5-11,16-17,19,23,27H,1,4,12-15,20-22H2,2H3. The number of imidazole rings is 2. The van der Waals surface area contributed by atoms with Crippen molar-refractivity contribution in [2.45, 2.75) is 52.1 Å². The van der Waals surface area contributed by atoms with E-state index in [0.29, 0.717) is 36.2 Å². The molecule has 240 valence electrons. The molecular formula is C35H34FN7O4. The number of hydrogen-bond donors (Lipinski definition) is 0. The van der Waals surface area contributed by atoms with E-state index in [4.69, 9.17) is 24.5 Å². The van der Waals surface area contributed by atoms with E-state index in [0.717, 1.165) is 61.1 Å². The van der Waals surface area contributed by atoms with Crippen LogP contribution in [0.1, 0.15) is 42.4 Å². The summed E-state index contributed by atoms with van der Waals surface area (Å²) in [4.78, 5) is 28.0. The van der Waals surface area contributed by atoms with E-state index in [-0.39, 0.29) is 18.3 Å². The van der Waals surface area contributed by atoms with Gasteiger partial charge in [-0.15, -0.1) is 0 Å². The first-order valence-electron chi connectivity index (χ1n) is 15.4. The van der Waals surface area contributed by atoms with E-state index < -0.39 is 11.8 Å². The van der Waals surface area contributed by atoms with E-state index in [1.165, 1.54) is 12.1 Å². The molecule has 0 atom stereocenters. The molecule has 4 heterocycles. The molecule has 1 aliphatic rings. The van der Waals surface area contributed by atoms with Gasteiger partial charge in [0.1, 0.15) is 30.1 Å². The number of rotatable bonds is 12. The van der Waals surface area contributed by atoms with Crippen LogP contribution in [0.25, 0.3) is 11.0 Å². The minimum atomic E-state index is -0.516. The van der Waals surface area contributed by atoms with Crippen molar-refractivity contribution < 1.29 is 23.4 Å². The first kappa shape index (κ1) is 31.4. The highest BCUT2D eigenvalue weighted by Gasteiger charge is 2.24. The van der Waals surface area contributed by atoms with Crippen molar-refractivity contribution >= 4 is 17.0 Å². The van der Waals surface area contributed by atoms with Crippen LogP contribution in [0.4, 0.5) is 4.39 Å². The Bertz CT molecular complexity index is 1940. The molecule has 0 spiro atoms. The molecular weight excluding hydrogens is 601 g/mol. The Labute approximate surface area is 271 Å². The number of nitrogens with zero attached hydrogens (tertiary/aromatic N) is 7. The molecule has 1 aliphatic heterocycles. The molecule has 1 saturated heterocycles. The van der Waals surface area contributed by atoms with Gasteiger partial charge >= 0.3 is 5.97 Å². The fraction of sp³-hybridized carbons (Fsp3) is 0.286. The first-order chi connectivity index (χ1) is 22.9. The number of aryl methyl sites for hydroxylation is 1. The maximum absolute atomic E-state index is 14.3. The maximum Gasteiger partial charge on any atom is 0.335 e. The van der Waals surface area contributed by atoms with Gasteiger partial charge in [0.25, 0.3) is 0 Å². The topological polar surface area (TPSA) is 120 Å². The molecule has 11 nitrogen and oxygen atoms in total. The fourth-order valence-corrected chi connectivity index (χ4v) is 5.58. The van der Waals surface area contributed by atoms with Crippen LogP contribution in [0.5, 0.6) is 17.5 Å². The molecule has 5 aromatic rings. The Hall–Kier alpha value is -5.54. The van der Waals surface area contributed by atoms with E-state index in [2.05, 4.69) is 37.5 Å². The molecule has 0 saturated carbocycles. The number of aromatic nitrogens is 5. The van der Waals surface area contributed by atoms with E-state index in [9.17, 15) is 9.18 Å². The molecule has 0 radical (unpaired) electrons. The molecule has 0 aliphatic carbocycles. The van der Waals surface area contributed by atoms with E-state index in [1.54, 1.807) is 30.3 Å². The summed E-state index contributed by atoms with van der Waals surface area (Å²) in [6.07, 6.45) is 6.40. The van der Waals surface area contributed by atoms with E-state index >= 15 is 0 Å². The number of carbonyl (C=O) groups excluding carboxylic acids is 1. The number of pyridine rings is 1. The number of likely N-dealkylation sites (tertiary alicyclic amines) is 1. The second-order valence-electron chi connectivity index (χ2n) is 11.2. The van der Waals surface area contributed by atoms with Crippen molar-refractivity contribution in [1.29, 1.82) is 5.26 Å². The van der Waals surface area contributed by atoms with Gasteiger partial charge in [0.05, 0.1) is 47.8 Å². The molecule has 3 aromatic heterocycles. The largest absolute Gasteiger partial charge is 0.474 e. The summed E-state index contributed by atoms with van der Waals surface area (Å²) < 4.78 is 35.8. The smallest absolute Gasteiger partial charge is 0.335 e. The lowest BCUT2D eigenvalue weighted by Crippen LogP contribution is -2.38. The predicted octanol–water partition coefficient (Wildman–Crippen LogP) is 5.42. The minimum absolute atomic E-state index is 0.0147. The van der Waals surface area contributed by atoms with Gasteiger partial charge in [0.2, 0.25) is 11.8 Å². The number of benzene rings is 2. The molecule has 2 aromatic carbocycles. The van der Waals surface area contributed by atoms with Crippen LogP contribution in [0, 0.1) is 17.1 Å². The van der Waals surface area contributed by atoms with Crippen molar-refractivity contribution in [2.75, 3.05) is 13.1 Å². The average molecular weight is 636 g/mol. The molecule has 1 fully saturated rings. The molecule has 12 heteroatoms. The molecule has 0 bridgehead atoms. The van der Waals surface area contributed by atoms with Crippen molar-refractivity contribution in [3.8, 4) is 23.6 Å². The SMILES string of the molecule is C=CC(=O)Oc1ccc2nc(CN3CCC(Oc4cccc(OCc5ccc(C#N)cc5F)n4)CC3)n(Cc3cncn3CC)c2c1. The first-order valence-corrected chi connectivity index (χ1v) is 15.4. The third kappa shape index (κ3) is 7.48. The van der Waals surface area contributed by atoms with Crippen LogP contribution in [-0.4, -0.2) is 54.1 Å². The molecule has 47 heavy (non-hydrogen) atoms. The Morgan fingerprint density at radius 3 is 2.70 bits per heavy atom. The van der Waals surface area contributed by atoms with Crippen LogP contribution in [0.3, 0.4) is 0 Å². The van der Waals surface area contributed by atoms with Crippen LogP contribution in [0.15, 0.2) is 79.8 Å². The predicted molar refractivity (Wildman–Crippen MR) is 171 cm³/mol. The van der Waals surface area contributed by atoms with Gasteiger partial charge in [-0.2, -0.15) is 10.2 Å². The summed E-state index contributed by atoms with van der Waals surface area (Å²) in [5.74, 6) is 1.10. The summed E-state index contributed by atoms with van der Waals surface area (Å²) in [7, 11) is 0. The summed E-state index contributed by atoms with van der Waals surface area (Å²) in [5, 5.41) is 8.95. The number of piperidine rings is 1. The highest BCUT2D eigenvalue weighted by molar-refractivity contribution is 5.85. The zero-order chi connectivity index (χ0) is 32.8. The maximum atomic E-state index is 14.3. The molecule has 0 N–H and O–H groups in total. The molecule has 0 amide bonds. The fourth-order valence-electron chi connectivity index (χ4n) is 5.58. The van der Waals surface area contributed by atoms with Gasteiger partial charge in [0.15, 0.2) is 0 Å². The van der Waals surface area contributed by atoms with Gasteiger partial charge < -0.3 is 23.3 Å². The number of nitriles is 1. The lowest BCUT2D eigenvalue weighted by atomic mass is 10.1. The van der Waals surface area contributed by atoms with Crippen LogP contribution in [0.2, 0.25) is 0 Å². The third-order valence-corrected chi connectivity index (χ3v) is 8.09. The van der Waals surface area contributed by atoms with Crippen LogP contribution in [-0.2, 0) is 31.0 Å². The van der Waals surface area contributed by atoms with Crippen molar-refractivity contribution in [3.05, 3.63) is 108 Å². The number of halogens is 1. The number of ether oxygens (including phenoxy) is 3. The van der Waals surface area contributed by atoms with Gasteiger partial charge in [0, 0.05) is 55.7 Å². The zero-order valence-electron chi connectivity index (χ0n) is 26.0. The highest BCUT2D eigenvalue weighted by Crippen LogP contribution is 2.26. The highest BCUT2D eigenvalue weighted by atomic mass is 19.1. The van der Waals surface area contributed by atoms with Crippen molar-refractivity contribution in [2.24, 2.45) is 0 Å².